The predicted molar refractivity (Wildman–Crippen MR) is 166 cm³/mol. The van der Waals surface area contributed by atoms with E-state index >= 15 is 0 Å². The number of anilines is 1. The minimum atomic E-state index is -2.27. The molecule has 1 spiro atoms. The summed E-state index contributed by atoms with van der Waals surface area (Å²) in [6.07, 6.45) is 0.800. The molecule has 0 radical (unpaired) electrons. The van der Waals surface area contributed by atoms with Gasteiger partial charge in [-0.1, -0.05) is 29.3 Å². The lowest BCUT2D eigenvalue weighted by molar-refractivity contribution is -1.04. The zero-order valence-electron chi connectivity index (χ0n) is 25.8. The summed E-state index contributed by atoms with van der Waals surface area (Å²) in [5, 5.41) is 68.4. The van der Waals surface area contributed by atoms with E-state index in [9.17, 15) is 24.9 Å². The van der Waals surface area contributed by atoms with Gasteiger partial charge in [0.15, 0.2) is 18.4 Å². The molecule has 45 heavy (non-hydrogen) atoms. The van der Waals surface area contributed by atoms with Crippen molar-refractivity contribution in [3.8, 4) is 0 Å². The predicted octanol–water partition coefficient (Wildman–Crippen LogP) is 0.556. The highest BCUT2D eigenvalue weighted by atomic mass is 79.9. The van der Waals surface area contributed by atoms with E-state index in [1.165, 1.54) is 30.5 Å². The van der Waals surface area contributed by atoms with Crippen molar-refractivity contribution in [2.24, 2.45) is 17.8 Å². The number of aliphatic carboxylic acids is 2. The zero-order chi connectivity index (χ0) is 32.6. The average molecular weight is 698 g/mol. The van der Waals surface area contributed by atoms with Gasteiger partial charge in [-0.25, -0.2) is 9.59 Å². The van der Waals surface area contributed by atoms with Crippen molar-refractivity contribution in [1.29, 1.82) is 0 Å². The number of rotatable bonds is 8. The fourth-order valence-corrected chi connectivity index (χ4v) is 11.3. The van der Waals surface area contributed by atoms with Crippen LogP contribution >= 0.6 is 15.9 Å². The number of likely N-dealkylation sites (tertiary alicyclic amines) is 1. The van der Waals surface area contributed by atoms with Gasteiger partial charge in [0.25, 0.3) is 0 Å². The fraction of sp³-hybridized carbons (Fsp3) is 0.750. The highest BCUT2D eigenvalue weighted by Gasteiger charge is 2.83. The van der Waals surface area contributed by atoms with Gasteiger partial charge in [0.05, 0.1) is 23.6 Å². The Hall–Kier alpha value is -1.84. The van der Waals surface area contributed by atoms with Gasteiger partial charge in [-0.05, 0) is 62.0 Å². The third-order valence-corrected chi connectivity index (χ3v) is 12.9. The molecule has 6 aliphatic heterocycles. The number of halogens is 1. The molecule has 5 bridgehead atoms. The summed E-state index contributed by atoms with van der Waals surface area (Å²) in [6.45, 7) is 5.67. The molecule has 1 aliphatic carbocycles. The van der Waals surface area contributed by atoms with E-state index in [4.69, 9.17) is 20.4 Å². The number of nitrogens with zero attached hydrogens (tertiary/aromatic N) is 3. The lowest BCUT2D eigenvalue weighted by Crippen LogP contribution is -2.84. The maximum Gasteiger partial charge on any atom is 0.335 e. The molecule has 6 heterocycles. The van der Waals surface area contributed by atoms with Crippen LogP contribution in [0.4, 0.5) is 5.69 Å². The molecule has 13 unspecified atom stereocenters. The van der Waals surface area contributed by atoms with Crippen molar-refractivity contribution >= 4 is 33.6 Å². The van der Waals surface area contributed by atoms with Crippen molar-refractivity contribution in [2.75, 3.05) is 38.1 Å². The van der Waals surface area contributed by atoms with Crippen LogP contribution in [0, 0.1) is 17.8 Å². The van der Waals surface area contributed by atoms with E-state index in [1.807, 2.05) is 0 Å². The molecule has 0 amide bonds. The van der Waals surface area contributed by atoms with Crippen LogP contribution in [0.25, 0.3) is 0 Å². The Morgan fingerprint density at radius 2 is 1.69 bits per heavy atom. The third kappa shape index (κ3) is 4.79. The average Bonchev–Trinajstić information content (AvgIpc) is 3.38. The van der Waals surface area contributed by atoms with Crippen molar-refractivity contribution in [1.82, 2.24) is 4.90 Å². The van der Waals surface area contributed by atoms with E-state index < -0.39 is 42.6 Å². The number of carboxylic acid groups (broad SMARTS) is 2. The normalized spacial score (nSPS) is 41.1. The van der Waals surface area contributed by atoms with Crippen molar-refractivity contribution in [3.05, 3.63) is 28.2 Å². The Bertz CT molecular complexity index is 1300. The summed E-state index contributed by atoms with van der Waals surface area (Å²) in [5.74, 6) is -2.77. The first-order valence-electron chi connectivity index (χ1n) is 16.3. The minimum absolute atomic E-state index is 0.155. The molecular formula is C32H47BrN3O9+. The standard InChI is InChI=1S/C28H41BrN3O3.C4H6O6/c1-3-18-19-12-22-25-28(20-11-16(29)7-8-21(20)30(25)2)13-23(24(19)26(28)34)32(22,27(18)35)15-17(33)14-31-9-5-4-6-10-31;5-1(3(7)8)2(6)4(9)10/h7-8,11,17-19,22-27,33-35H,3-6,9-10,12-15H2,1-2H3;1-2,5-6H,(H,7,8)(H,9,10)/q+1;. The highest BCUT2D eigenvalue weighted by molar-refractivity contribution is 9.10. The number of benzene rings is 1. The summed E-state index contributed by atoms with van der Waals surface area (Å²) < 4.78 is 1.68. The van der Waals surface area contributed by atoms with Gasteiger partial charge < -0.3 is 45.5 Å². The minimum Gasteiger partial charge on any atom is -0.479 e. The first-order chi connectivity index (χ1) is 21.3. The lowest BCUT2D eigenvalue weighted by Gasteiger charge is -2.68. The van der Waals surface area contributed by atoms with Crippen LogP contribution in [0.15, 0.2) is 22.7 Å². The maximum absolute atomic E-state index is 12.2. The summed E-state index contributed by atoms with van der Waals surface area (Å²) >= 11 is 3.71. The first kappa shape index (κ1) is 33.1. The molecule has 7 N–H and O–H groups in total. The number of fused-ring (bicyclic) bond motifs is 2. The van der Waals surface area contributed by atoms with Crippen molar-refractivity contribution < 1.29 is 49.8 Å². The quantitative estimate of drug-likeness (QED) is 0.189. The molecule has 1 aromatic carbocycles. The molecule has 1 saturated carbocycles. The number of quaternary nitrogens is 1. The Morgan fingerprint density at radius 3 is 2.29 bits per heavy atom. The number of aliphatic hydroxyl groups is 5. The number of hydrogen-bond donors (Lipinski definition) is 7. The van der Waals surface area contributed by atoms with Crippen LogP contribution in [-0.4, -0.2) is 139 Å². The van der Waals surface area contributed by atoms with Crippen molar-refractivity contribution in [3.63, 3.8) is 0 Å². The molecule has 13 heteroatoms. The Morgan fingerprint density at radius 1 is 1.04 bits per heavy atom. The molecule has 12 nitrogen and oxygen atoms in total. The van der Waals surface area contributed by atoms with Crippen LogP contribution in [0.2, 0.25) is 0 Å². The third-order valence-electron chi connectivity index (χ3n) is 12.4. The van der Waals surface area contributed by atoms with Gasteiger partial charge in [0, 0.05) is 48.4 Å². The zero-order valence-corrected chi connectivity index (χ0v) is 27.4. The fourth-order valence-electron chi connectivity index (χ4n) is 10.9. The molecule has 8 rings (SSSR count). The molecule has 250 valence electrons. The van der Waals surface area contributed by atoms with Crippen LogP contribution in [0.3, 0.4) is 0 Å². The second-order valence-electron chi connectivity index (χ2n) is 14.3. The molecule has 1 aromatic rings. The Kier molecular flexibility index (Phi) is 8.82. The summed E-state index contributed by atoms with van der Waals surface area (Å²) in [4.78, 5) is 24.4. The summed E-state index contributed by atoms with van der Waals surface area (Å²) in [5.41, 5.74) is 2.25. The second kappa shape index (κ2) is 12.0. The van der Waals surface area contributed by atoms with Crippen LogP contribution in [-0.2, 0) is 15.0 Å². The number of aliphatic hydroxyl groups excluding tert-OH is 5. The van der Waals surface area contributed by atoms with E-state index in [2.05, 4.69) is 57.9 Å². The largest absolute Gasteiger partial charge is 0.479 e. The monoisotopic (exact) mass is 696 g/mol. The first-order valence-corrected chi connectivity index (χ1v) is 17.1. The van der Waals surface area contributed by atoms with E-state index in [1.54, 1.807) is 0 Å². The van der Waals surface area contributed by atoms with Gasteiger partial charge >= 0.3 is 11.9 Å². The number of hydrogen-bond acceptors (Lipinski definition) is 9. The molecule has 5 saturated heterocycles. The van der Waals surface area contributed by atoms with Crippen LogP contribution in [0.1, 0.15) is 51.0 Å². The summed E-state index contributed by atoms with van der Waals surface area (Å²) in [6, 6.07) is 7.18. The molecule has 13 atom stereocenters. The number of carbonyl (C=O) groups is 2. The van der Waals surface area contributed by atoms with Crippen LogP contribution < -0.4 is 4.90 Å². The van der Waals surface area contributed by atoms with Gasteiger partial charge in [-0.15, -0.1) is 0 Å². The molecule has 7 aliphatic rings. The number of β-amino-alcohol motifs (C(OH)–C–C–N with tert-alkyl or cyclic N) is 1. The van der Waals surface area contributed by atoms with Gasteiger partial charge in [0.2, 0.25) is 0 Å². The number of carboxylic acids is 2. The summed E-state index contributed by atoms with van der Waals surface area (Å²) in [7, 11) is 2.20. The topological polar surface area (TPSA) is 182 Å². The Labute approximate surface area is 271 Å². The van der Waals surface area contributed by atoms with Crippen molar-refractivity contribution in [2.45, 2.75) is 99.6 Å². The van der Waals surface area contributed by atoms with Gasteiger partial charge in [-0.3, -0.25) is 4.48 Å². The number of likely N-dealkylation sites (N-methyl/N-ethyl adjacent to an activating group) is 1. The Balaban J connectivity index is 0.000000311. The molecule has 0 aromatic heterocycles. The second-order valence-corrected chi connectivity index (χ2v) is 15.2. The van der Waals surface area contributed by atoms with Gasteiger partial charge in [0.1, 0.15) is 18.7 Å². The SMILES string of the molecule is CCC1C2CC3C4N(C)c5ccc(Br)cc5C45CC(C2C5O)[N+]3(CC(O)CN2CCCCC2)C1O.O=C(O)C(O)C(O)C(=O)O. The van der Waals surface area contributed by atoms with E-state index in [0.717, 1.165) is 36.8 Å². The molecular weight excluding hydrogens is 650 g/mol. The van der Waals surface area contributed by atoms with Crippen LogP contribution in [0.5, 0.6) is 0 Å². The highest BCUT2D eigenvalue weighted by Crippen LogP contribution is 2.71. The maximum atomic E-state index is 12.2. The molecule has 6 fully saturated rings. The number of piperidine rings is 5. The van der Waals surface area contributed by atoms with E-state index in [-0.39, 0.29) is 35.4 Å². The lowest BCUT2D eigenvalue weighted by atomic mass is 9.60. The van der Waals surface area contributed by atoms with Gasteiger partial charge in [-0.2, -0.15) is 0 Å². The smallest absolute Gasteiger partial charge is 0.335 e. The van der Waals surface area contributed by atoms with E-state index in [0.29, 0.717) is 23.5 Å².